The van der Waals surface area contributed by atoms with Crippen LogP contribution < -0.4 is 5.32 Å². The summed E-state index contributed by atoms with van der Waals surface area (Å²) >= 11 is 0. The van der Waals surface area contributed by atoms with Crippen LogP contribution in [0.4, 0.5) is 0 Å². The molecule has 0 atom stereocenters. The fourth-order valence-corrected chi connectivity index (χ4v) is 3.85. The number of nitrogens with zero attached hydrogens (tertiary/aromatic N) is 3. The lowest BCUT2D eigenvalue weighted by molar-refractivity contribution is -0.126. The van der Waals surface area contributed by atoms with Crippen LogP contribution in [0.1, 0.15) is 65.3 Å². The van der Waals surface area contributed by atoms with Crippen LogP contribution in [0.3, 0.4) is 0 Å². The Morgan fingerprint density at radius 2 is 1.91 bits per heavy atom. The number of carbonyl (C=O) groups excluding carboxylic acids is 1. The van der Waals surface area contributed by atoms with Crippen LogP contribution in [0.5, 0.6) is 0 Å². The van der Waals surface area contributed by atoms with Gasteiger partial charge in [0.2, 0.25) is 17.6 Å². The van der Waals surface area contributed by atoms with Crippen molar-refractivity contribution in [3.63, 3.8) is 0 Å². The van der Waals surface area contributed by atoms with E-state index in [4.69, 9.17) is 9.26 Å². The molecule has 1 saturated heterocycles. The molecule has 0 spiro atoms. The summed E-state index contributed by atoms with van der Waals surface area (Å²) in [6, 6.07) is 8.35. The monoisotopic (exact) mass is 442 g/mol. The zero-order valence-electron chi connectivity index (χ0n) is 20.2. The second-order valence-electron chi connectivity index (χ2n) is 9.95. The van der Waals surface area contributed by atoms with Crippen molar-refractivity contribution in [1.29, 1.82) is 0 Å². The Morgan fingerprint density at radius 1 is 1.22 bits per heavy atom. The molecule has 0 radical (unpaired) electrons. The molecular formula is C25H38N4O3. The van der Waals surface area contributed by atoms with Crippen molar-refractivity contribution in [2.75, 3.05) is 26.2 Å². The van der Waals surface area contributed by atoms with E-state index in [2.05, 4.69) is 53.3 Å². The van der Waals surface area contributed by atoms with Gasteiger partial charge in [-0.25, -0.2) is 0 Å². The molecule has 1 amide bonds. The Hall–Kier alpha value is -2.25. The molecule has 0 unspecified atom stereocenters. The van der Waals surface area contributed by atoms with Gasteiger partial charge >= 0.3 is 0 Å². The van der Waals surface area contributed by atoms with E-state index in [0.29, 0.717) is 31.4 Å². The number of ether oxygens (including phenoxy) is 1. The molecule has 7 nitrogen and oxygen atoms in total. The van der Waals surface area contributed by atoms with Crippen molar-refractivity contribution in [3.8, 4) is 11.4 Å². The van der Waals surface area contributed by atoms with Crippen LogP contribution in [0.25, 0.3) is 11.4 Å². The average molecular weight is 443 g/mol. The van der Waals surface area contributed by atoms with Crippen molar-refractivity contribution in [2.45, 2.75) is 71.9 Å². The molecule has 0 saturated carbocycles. The number of rotatable bonds is 9. The number of benzene rings is 1. The summed E-state index contributed by atoms with van der Waals surface area (Å²) in [6.07, 6.45) is 2.79. The maximum Gasteiger partial charge on any atom is 0.241 e. The molecule has 0 aliphatic carbocycles. The highest BCUT2D eigenvalue weighted by molar-refractivity contribution is 5.78. The Balaban J connectivity index is 1.42. The predicted molar refractivity (Wildman–Crippen MR) is 125 cm³/mol. The molecule has 1 aromatic heterocycles. The number of hydrogen-bond acceptors (Lipinski definition) is 6. The van der Waals surface area contributed by atoms with E-state index in [1.165, 1.54) is 5.56 Å². The van der Waals surface area contributed by atoms with Gasteiger partial charge in [0.05, 0.1) is 12.6 Å². The number of carbonyl (C=O) groups is 1. The molecule has 2 heterocycles. The van der Waals surface area contributed by atoms with Crippen LogP contribution in [-0.2, 0) is 21.5 Å². The highest BCUT2D eigenvalue weighted by Crippen LogP contribution is 2.25. The summed E-state index contributed by atoms with van der Waals surface area (Å²) in [5, 5.41) is 7.21. The minimum absolute atomic E-state index is 0.0804. The number of amides is 1. The average Bonchev–Trinajstić information content (AvgIpc) is 3.21. The van der Waals surface area contributed by atoms with E-state index in [1.54, 1.807) is 0 Å². The molecule has 1 N–H and O–H groups in total. The van der Waals surface area contributed by atoms with Crippen LogP contribution in [-0.4, -0.2) is 53.3 Å². The molecular weight excluding hydrogens is 404 g/mol. The quantitative estimate of drug-likeness (QED) is 0.587. The minimum atomic E-state index is 0.0804. The molecule has 2 aromatic rings. The number of aromatic nitrogens is 2. The van der Waals surface area contributed by atoms with Crippen LogP contribution >= 0.6 is 0 Å². The van der Waals surface area contributed by atoms with Gasteiger partial charge < -0.3 is 14.6 Å². The van der Waals surface area contributed by atoms with Gasteiger partial charge in [0.25, 0.3) is 0 Å². The number of piperidine rings is 1. The van der Waals surface area contributed by atoms with Crippen molar-refractivity contribution in [3.05, 3.63) is 35.7 Å². The molecule has 1 fully saturated rings. The molecule has 7 heteroatoms. The Morgan fingerprint density at radius 3 is 2.53 bits per heavy atom. The first-order chi connectivity index (χ1) is 15.2. The van der Waals surface area contributed by atoms with Gasteiger partial charge in [-0.2, -0.15) is 4.98 Å². The van der Waals surface area contributed by atoms with E-state index in [1.807, 2.05) is 26.0 Å². The van der Waals surface area contributed by atoms with Crippen molar-refractivity contribution >= 4 is 5.91 Å². The first-order valence-electron chi connectivity index (χ1n) is 11.8. The maximum atomic E-state index is 12.4. The van der Waals surface area contributed by atoms with Gasteiger partial charge in [-0.05, 0) is 57.2 Å². The Bertz CT molecular complexity index is 847. The molecule has 3 rings (SSSR count). The van der Waals surface area contributed by atoms with Gasteiger partial charge in [0.1, 0.15) is 0 Å². The molecule has 32 heavy (non-hydrogen) atoms. The van der Waals surface area contributed by atoms with Crippen molar-refractivity contribution in [1.82, 2.24) is 20.4 Å². The molecule has 0 bridgehead atoms. The second-order valence-corrected chi connectivity index (χ2v) is 9.95. The third-order valence-corrected chi connectivity index (χ3v) is 5.87. The van der Waals surface area contributed by atoms with E-state index >= 15 is 0 Å². The zero-order valence-corrected chi connectivity index (χ0v) is 20.2. The van der Waals surface area contributed by atoms with Crippen LogP contribution in [0.15, 0.2) is 28.8 Å². The largest absolute Gasteiger partial charge is 0.379 e. The molecule has 1 aliphatic heterocycles. The van der Waals surface area contributed by atoms with Gasteiger partial charge in [0.15, 0.2) is 0 Å². The molecule has 1 aliphatic rings. The van der Waals surface area contributed by atoms with Gasteiger partial charge in [-0.3, -0.25) is 9.69 Å². The third-order valence-electron chi connectivity index (χ3n) is 5.87. The highest BCUT2D eigenvalue weighted by atomic mass is 16.5. The summed E-state index contributed by atoms with van der Waals surface area (Å²) in [5.74, 6) is 1.48. The highest BCUT2D eigenvalue weighted by Gasteiger charge is 2.26. The summed E-state index contributed by atoms with van der Waals surface area (Å²) in [6.45, 7) is 14.3. The lowest BCUT2D eigenvalue weighted by Gasteiger charge is -2.30. The van der Waals surface area contributed by atoms with Gasteiger partial charge in [0, 0.05) is 24.6 Å². The van der Waals surface area contributed by atoms with Crippen molar-refractivity contribution in [2.24, 2.45) is 5.92 Å². The minimum Gasteiger partial charge on any atom is -0.379 e. The number of likely N-dealkylation sites (tertiary alicyclic amines) is 1. The molecule has 1 aromatic carbocycles. The van der Waals surface area contributed by atoms with E-state index in [-0.39, 0.29) is 23.3 Å². The van der Waals surface area contributed by atoms with Crippen molar-refractivity contribution < 1.29 is 14.1 Å². The van der Waals surface area contributed by atoms with Crippen LogP contribution in [0.2, 0.25) is 0 Å². The van der Waals surface area contributed by atoms with Crippen LogP contribution in [0, 0.1) is 5.92 Å². The third kappa shape index (κ3) is 7.14. The first-order valence-corrected chi connectivity index (χ1v) is 11.8. The van der Waals surface area contributed by atoms with E-state index < -0.39 is 0 Å². The standard InChI is InChI=1S/C25H38N4O3/c1-18(2)31-16-6-13-26-24(30)20-11-14-29(15-12-20)17-22-27-23(28-32-22)19-7-9-21(10-8-19)25(3,4)5/h7-10,18,20H,6,11-17H2,1-5H3,(H,26,30). The predicted octanol–water partition coefficient (Wildman–Crippen LogP) is 4.18. The summed E-state index contributed by atoms with van der Waals surface area (Å²) in [7, 11) is 0. The normalized spacial score (nSPS) is 15.9. The SMILES string of the molecule is CC(C)OCCCNC(=O)C1CCN(Cc2nc(-c3ccc(C(C)(C)C)cc3)no2)CC1. The zero-order chi connectivity index (χ0) is 23.1. The molecule has 176 valence electrons. The van der Waals surface area contributed by atoms with Gasteiger partial charge in [-0.1, -0.05) is 50.2 Å². The smallest absolute Gasteiger partial charge is 0.241 e. The maximum absolute atomic E-state index is 12.4. The summed E-state index contributed by atoms with van der Waals surface area (Å²) in [5.41, 5.74) is 2.36. The van der Waals surface area contributed by atoms with E-state index in [9.17, 15) is 4.79 Å². The summed E-state index contributed by atoms with van der Waals surface area (Å²) in [4.78, 5) is 19.3. The number of hydrogen-bond donors (Lipinski definition) is 1. The lowest BCUT2D eigenvalue weighted by Crippen LogP contribution is -2.40. The Kier molecular flexibility index (Phi) is 8.43. The summed E-state index contributed by atoms with van der Waals surface area (Å²) < 4.78 is 11.0. The first kappa shape index (κ1) is 24.4. The van der Waals surface area contributed by atoms with E-state index in [0.717, 1.165) is 37.9 Å². The lowest BCUT2D eigenvalue weighted by atomic mass is 9.87. The topological polar surface area (TPSA) is 80.5 Å². The Labute approximate surface area is 191 Å². The second kappa shape index (κ2) is 11.1. The van der Waals surface area contributed by atoms with Gasteiger partial charge in [-0.15, -0.1) is 0 Å². The fraction of sp³-hybridized carbons (Fsp3) is 0.640. The number of nitrogens with one attached hydrogen (secondary N) is 1. The fourth-order valence-electron chi connectivity index (χ4n) is 3.85.